The summed E-state index contributed by atoms with van der Waals surface area (Å²) in [6, 6.07) is 18.8. The van der Waals surface area contributed by atoms with Crippen LogP contribution in [0, 0.1) is 0 Å². The van der Waals surface area contributed by atoms with E-state index in [-0.39, 0.29) is 5.92 Å². The van der Waals surface area contributed by atoms with Crippen LogP contribution in [0.3, 0.4) is 0 Å². The Morgan fingerprint density at radius 2 is 1.73 bits per heavy atom. The van der Waals surface area contributed by atoms with Gasteiger partial charge in [0.1, 0.15) is 0 Å². The van der Waals surface area contributed by atoms with Gasteiger partial charge in [-0.2, -0.15) is 0 Å². The minimum atomic E-state index is 0.0121. The molecule has 0 aliphatic carbocycles. The molecular formula is C24H24N2. The van der Waals surface area contributed by atoms with Gasteiger partial charge in [0.25, 0.3) is 0 Å². The molecule has 0 saturated heterocycles. The lowest BCUT2D eigenvalue weighted by Crippen LogP contribution is -2.15. The van der Waals surface area contributed by atoms with Crippen LogP contribution < -0.4 is 10.6 Å². The van der Waals surface area contributed by atoms with Crippen LogP contribution >= 0.6 is 0 Å². The topological polar surface area (TPSA) is 29.3 Å². The van der Waals surface area contributed by atoms with E-state index in [2.05, 4.69) is 72.7 Å². The molecule has 1 unspecified atom stereocenters. The maximum absolute atomic E-state index is 6.37. The van der Waals surface area contributed by atoms with Gasteiger partial charge >= 0.3 is 0 Å². The van der Waals surface area contributed by atoms with Gasteiger partial charge in [-0.15, -0.1) is 0 Å². The van der Waals surface area contributed by atoms with Crippen LogP contribution in [0.5, 0.6) is 0 Å². The summed E-state index contributed by atoms with van der Waals surface area (Å²) in [5.74, 6) is 0.0121. The monoisotopic (exact) mass is 340 g/mol. The summed E-state index contributed by atoms with van der Waals surface area (Å²) in [6.45, 7) is 9.92. The Labute approximate surface area is 156 Å². The maximum atomic E-state index is 6.37. The van der Waals surface area contributed by atoms with E-state index in [9.17, 15) is 0 Å². The van der Waals surface area contributed by atoms with E-state index in [1.165, 1.54) is 5.56 Å². The van der Waals surface area contributed by atoms with Crippen molar-refractivity contribution >= 4 is 11.4 Å². The standard InChI is InChI=1S/C24H24N2/c1-4-12-21(25)19(6-3)24-20-16-10-11-17-22(20)26(23(24)13-5-2)18-14-8-7-9-15-18/h4-17,24H,2-3,25H2,1H3/b12-4-,21-19+,23-13+. The summed E-state index contributed by atoms with van der Waals surface area (Å²) in [5, 5.41) is 0. The lowest BCUT2D eigenvalue weighted by molar-refractivity contribution is 0.957. The molecule has 26 heavy (non-hydrogen) atoms. The van der Waals surface area contributed by atoms with Gasteiger partial charge in [-0.1, -0.05) is 67.8 Å². The molecular weight excluding hydrogens is 316 g/mol. The molecule has 3 rings (SSSR count). The van der Waals surface area contributed by atoms with Crippen molar-refractivity contribution in [2.75, 3.05) is 4.90 Å². The smallest absolute Gasteiger partial charge is 0.0537 e. The van der Waals surface area contributed by atoms with Crippen LogP contribution in [-0.4, -0.2) is 0 Å². The summed E-state index contributed by atoms with van der Waals surface area (Å²) < 4.78 is 0. The molecule has 2 aromatic carbocycles. The van der Waals surface area contributed by atoms with Crippen molar-refractivity contribution in [2.24, 2.45) is 5.73 Å². The van der Waals surface area contributed by atoms with Crippen molar-refractivity contribution in [3.05, 3.63) is 121 Å². The van der Waals surface area contributed by atoms with Gasteiger partial charge in [-0.3, -0.25) is 0 Å². The molecule has 1 heterocycles. The molecule has 0 bridgehead atoms. The molecule has 1 aliphatic heterocycles. The fourth-order valence-corrected chi connectivity index (χ4v) is 3.52. The predicted octanol–water partition coefficient (Wildman–Crippen LogP) is 5.97. The summed E-state index contributed by atoms with van der Waals surface area (Å²) in [5.41, 5.74) is 12.7. The van der Waals surface area contributed by atoms with Crippen molar-refractivity contribution < 1.29 is 0 Å². The third-order valence-corrected chi connectivity index (χ3v) is 4.56. The van der Waals surface area contributed by atoms with Gasteiger partial charge < -0.3 is 10.6 Å². The third kappa shape index (κ3) is 3.02. The first-order chi connectivity index (χ1) is 12.7. The Bertz CT molecular complexity index is 901. The maximum Gasteiger partial charge on any atom is 0.0537 e. The lowest BCUT2D eigenvalue weighted by Gasteiger charge is -2.24. The van der Waals surface area contributed by atoms with Gasteiger partial charge in [0, 0.05) is 17.1 Å². The van der Waals surface area contributed by atoms with Crippen molar-refractivity contribution in [2.45, 2.75) is 12.8 Å². The molecule has 2 nitrogen and oxygen atoms in total. The predicted molar refractivity (Wildman–Crippen MR) is 112 cm³/mol. The van der Waals surface area contributed by atoms with Gasteiger partial charge in [-0.05, 0) is 48.4 Å². The average molecular weight is 340 g/mol. The highest BCUT2D eigenvalue weighted by atomic mass is 15.2. The Morgan fingerprint density at radius 3 is 2.38 bits per heavy atom. The largest absolute Gasteiger partial charge is 0.398 e. The SMILES string of the molecule is C=C/C=C1\C(/C(C=C)=C(N)\C=C/C)c2ccccc2N1c1ccccc1. The summed E-state index contributed by atoms with van der Waals surface area (Å²) in [7, 11) is 0. The molecule has 0 fully saturated rings. The van der Waals surface area contributed by atoms with Crippen LogP contribution in [0.2, 0.25) is 0 Å². The highest BCUT2D eigenvalue weighted by Gasteiger charge is 2.36. The molecule has 130 valence electrons. The van der Waals surface area contributed by atoms with Crippen LogP contribution in [0.1, 0.15) is 18.4 Å². The number of nitrogens with zero attached hydrogens (tertiary/aromatic N) is 1. The van der Waals surface area contributed by atoms with Crippen molar-refractivity contribution in [3.8, 4) is 0 Å². The average Bonchev–Trinajstić information content (AvgIpc) is 2.98. The number of fused-ring (bicyclic) bond motifs is 1. The fraction of sp³-hybridized carbons (Fsp3) is 0.0833. The molecule has 2 aromatic rings. The van der Waals surface area contributed by atoms with Gasteiger partial charge in [0.15, 0.2) is 0 Å². The van der Waals surface area contributed by atoms with Crippen LogP contribution in [0.15, 0.2) is 115 Å². The van der Waals surface area contributed by atoms with Crippen molar-refractivity contribution in [1.82, 2.24) is 0 Å². The number of allylic oxidation sites excluding steroid dienone is 6. The quantitative estimate of drug-likeness (QED) is 0.680. The summed E-state index contributed by atoms with van der Waals surface area (Å²) in [6.07, 6.45) is 9.63. The normalized spacial score (nSPS) is 18.7. The number of para-hydroxylation sites is 2. The molecule has 0 amide bonds. The van der Waals surface area contributed by atoms with E-state index in [4.69, 9.17) is 5.73 Å². The Hall–Kier alpha value is -3.26. The first-order valence-electron chi connectivity index (χ1n) is 8.74. The van der Waals surface area contributed by atoms with Crippen LogP contribution in [-0.2, 0) is 0 Å². The fourth-order valence-electron chi connectivity index (χ4n) is 3.52. The number of anilines is 2. The minimum absolute atomic E-state index is 0.0121. The zero-order valence-corrected chi connectivity index (χ0v) is 15.1. The van der Waals surface area contributed by atoms with Gasteiger partial charge in [0.05, 0.1) is 11.6 Å². The first-order valence-corrected chi connectivity index (χ1v) is 8.74. The molecule has 1 aliphatic rings. The highest BCUT2D eigenvalue weighted by molar-refractivity contribution is 5.80. The molecule has 1 atom stereocenters. The highest BCUT2D eigenvalue weighted by Crippen LogP contribution is 2.51. The Morgan fingerprint density at radius 1 is 1.04 bits per heavy atom. The van der Waals surface area contributed by atoms with E-state index < -0.39 is 0 Å². The van der Waals surface area contributed by atoms with E-state index in [0.717, 1.165) is 28.3 Å². The van der Waals surface area contributed by atoms with E-state index in [0.29, 0.717) is 0 Å². The van der Waals surface area contributed by atoms with E-state index in [1.807, 2.05) is 37.3 Å². The van der Waals surface area contributed by atoms with Gasteiger partial charge in [0.2, 0.25) is 0 Å². The first kappa shape index (κ1) is 17.6. The third-order valence-electron chi connectivity index (χ3n) is 4.56. The molecule has 0 spiro atoms. The number of benzene rings is 2. The molecule has 0 saturated carbocycles. The van der Waals surface area contributed by atoms with E-state index >= 15 is 0 Å². The van der Waals surface area contributed by atoms with Crippen LogP contribution in [0.4, 0.5) is 11.4 Å². The van der Waals surface area contributed by atoms with E-state index in [1.54, 1.807) is 0 Å². The second kappa shape index (κ2) is 7.75. The zero-order valence-electron chi connectivity index (χ0n) is 15.1. The number of hydrogen-bond donors (Lipinski definition) is 1. The minimum Gasteiger partial charge on any atom is -0.398 e. The van der Waals surface area contributed by atoms with Crippen molar-refractivity contribution in [3.63, 3.8) is 0 Å². The molecule has 0 aromatic heterocycles. The van der Waals surface area contributed by atoms with Crippen LogP contribution in [0.25, 0.3) is 0 Å². The number of hydrogen-bond acceptors (Lipinski definition) is 2. The molecule has 0 radical (unpaired) electrons. The Kier molecular flexibility index (Phi) is 5.23. The summed E-state index contributed by atoms with van der Waals surface area (Å²) in [4.78, 5) is 2.27. The van der Waals surface area contributed by atoms with Gasteiger partial charge in [-0.25, -0.2) is 0 Å². The van der Waals surface area contributed by atoms with Crippen molar-refractivity contribution in [1.29, 1.82) is 0 Å². The molecule has 2 N–H and O–H groups in total. The summed E-state index contributed by atoms with van der Waals surface area (Å²) >= 11 is 0. The number of nitrogens with two attached hydrogens (primary N) is 1. The lowest BCUT2D eigenvalue weighted by atomic mass is 9.88. The second-order valence-electron chi connectivity index (χ2n) is 6.10. The second-order valence-corrected chi connectivity index (χ2v) is 6.10. The Balaban J connectivity index is 2.28. The zero-order chi connectivity index (χ0) is 18.5. The molecule has 2 heteroatoms. The number of rotatable bonds is 5.